The summed E-state index contributed by atoms with van der Waals surface area (Å²) in [6.45, 7) is 5.09. The lowest BCUT2D eigenvalue weighted by Gasteiger charge is -2.33. The molecule has 1 aliphatic rings. The van der Waals surface area contributed by atoms with Crippen molar-refractivity contribution in [3.05, 3.63) is 81.4 Å². The summed E-state index contributed by atoms with van der Waals surface area (Å²) >= 11 is 0. The van der Waals surface area contributed by atoms with Crippen LogP contribution < -0.4 is 15.6 Å². The van der Waals surface area contributed by atoms with E-state index in [1.807, 2.05) is 6.07 Å². The number of benzene rings is 1. The highest BCUT2D eigenvalue weighted by Crippen LogP contribution is 2.33. The van der Waals surface area contributed by atoms with Gasteiger partial charge in [-0.25, -0.2) is 9.67 Å². The Bertz CT molecular complexity index is 1280. The van der Waals surface area contributed by atoms with Gasteiger partial charge in [0.2, 0.25) is 5.43 Å². The van der Waals surface area contributed by atoms with Gasteiger partial charge in [0.15, 0.2) is 5.69 Å². The minimum atomic E-state index is -4.63. The molecule has 1 N–H and O–H groups in total. The topological polar surface area (TPSA) is 83.4 Å². The Kier molecular flexibility index (Phi) is 6.88. The van der Waals surface area contributed by atoms with E-state index in [1.54, 1.807) is 12.3 Å². The summed E-state index contributed by atoms with van der Waals surface area (Å²) in [7, 11) is 2.06. The van der Waals surface area contributed by atoms with Crippen molar-refractivity contribution >= 4 is 11.7 Å². The summed E-state index contributed by atoms with van der Waals surface area (Å²) in [4.78, 5) is 34.1. The summed E-state index contributed by atoms with van der Waals surface area (Å²) < 4.78 is 41.5. The zero-order valence-corrected chi connectivity index (χ0v) is 19.3. The molecule has 2 aromatic heterocycles. The number of piperazine rings is 1. The van der Waals surface area contributed by atoms with Crippen LogP contribution >= 0.6 is 0 Å². The van der Waals surface area contributed by atoms with Crippen LogP contribution in [0.4, 0.5) is 19.0 Å². The molecule has 0 aliphatic carbocycles. The highest BCUT2D eigenvalue weighted by molar-refractivity contribution is 5.92. The first-order valence-electron chi connectivity index (χ1n) is 11.1. The van der Waals surface area contributed by atoms with Gasteiger partial charge < -0.3 is 15.1 Å². The van der Waals surface area contributed by atoms with Crippen molar-refractivity contribution in [2.45, 2.75) is 19.6 Å². The molecular weight excluding hydrogens is 461 g/mol. The molecule has 184 valence electrons. The predicted octanol–water partition coefficient (Wildman–Crippen LogP) is 2.64. The Morgan fingerprint density at radius 1 is 1.09 bits per heavy atom. The fraction of sp³-hybridized carbons (Fsp3) is 0.333. The third kappa shape index (κ3) is 5.51. The fourth-order valence-electron chi connectivity index (χ4n) is 3.89. The molecule has 3 aromatic rings. The zero-order valence-electron chi connectivity index (χ0n) is 19.3. The number of aryl methyl sites for hydroxylation is 1. The smallest absolute Gasteiger partial charge is 0.354 e. The van der Waals surface area contributed by atoms with E-state index in [4.69, 9.17) is 0 Å². The Morgan fingerprint density at radius 3 is 2.51 bits per heavy atom. The molecule has 4 rings (SSSR count). The lowest BCUT2D eigenvalue weighted by atomic mass is 10.1. The van der Waals surface area contributed by atoms with E-state index in [2.05, 4.69) is 32.2 Å². The van der Waals surface area contributed by atoms with Crippen LogP contribution in [-0.2, 0) is 12.7 Å². The molecule has 1 amide bonds. The minimum Gasteiger partial charge on any atom is -0.354 e. The van der Waals surface area contributed by atoms with Crippen molar-refractivity contribution in [3.8, 4) is 5.69 Å². The van der Waals surface area contributed by atoms with E-state index >= 15 is 0 Å². The minimum absolute atomic E-state index is 0.107. The van der Waals surface area contributed by atoms with Gasteiger partial charge in [0.05, 0.1) is 11.3 Å². The molecule has 11 heteroatoms. The molecule has 1 aromatic carbocycles. The molecule has 1 aliphatic heterocycles. The van der Waals surface area contributed by atoms with Gasteiger partial charge in [-0.15, -0.1) is 0 Å². The lowest BCUT2D eigenvalue weighted by Crippen LogP contribution is -2.44. The number of hydrogen-bond acceptors (Lipinski definition) is 6. The molecule has 0 bridgehead atoms. The molecule has 8 nitrogen and oxygen atoms in total. The number of carbonyl (C=O) groups excluding carboxylic acids is 1. The van der Waals surface area contributed by atoms with Gasteiger partial charge in [-0.2, -0.15) is 18.3 Å². The van der Waals surface area contributed by atoms with Crippen LogP contribution in [0.3, 0.4) is 0 Å². The summed E-state index contributed by atoms with van der Waals surface area (Å²) in [6, 6.07) is 9.59. The molecule has 1 fully saturated rings. The first kappa shape index (κ1) is 24.4. The van der Waals surface area contributed by atoms with Crippen molar-refractivity contribution in [2.24, 2.45) is 0 Å². The number of aromatic nitrogens is 3. The van der Waals surface area contributed by atoms with Crippen LogP contribution in [-0.4, -0.2) is 58.8 Å². The second-order valence-electron chi connectivity index (χ2n) is 8.42. The average Bonchev–Trinajstić information content (AvgIpc) is 2.83. The maximum Gasteiger partial charge on any atom is 0.418 e. The summed E-state index contributed by atoms with van der Waals surface area (Å²) in [5.41, 5.74) is -1.39. The van der Waals surface area contributed by atoms with E-state index in [1.165, 1.54) is 25.1 Å². The zero-order chi connectivity index (χ0) is 25.2. The molecule has 35 heavy (non-hydrogen) atoms. The van der Waals surface area contributed by atoms with E-state index in [0.29, 0.717) is 0 Å². The Hall–Kier alpha value is -3.73. The Balaban J connectivity index is 1.55. The van der Waals surface area contributed by atoms with Crippen molar-refractivity contribution in [1.29, 1.82) is 0 Å². The molecule has 3 heterocycles. The van der Waals surface area contributed by atoms with Gasteiger partial charge >= 0.3 is 6.18 Å². The second-order valence-corrected chi connectivity index (χ2v) is 8.42. The van der Waals surface area contributed by atoms with Gasteiger partial charge in [0.1, 0.15) is 5.82 Å². The highest BCUT2D eigenvalue weighted by atomic mass is 19.4. The summed E-state index contributed by atoms with van der Waals surface area (Å²) in [5.74, 6) is 0.0237. The van der Waals surface area contributed by atoms with Crippen LogP contribution in [0.5, 0.6) is 0 Å². The molecule has 0 saturated carbocycles. The normalized spacial score (nSPS) is 14.7. The second kappa shape index (κ2) is 9.87. The van der Waals surface area contributed by atoms with Crippen LogP contribution in [0.25, 0.3) is 5.69 Å². The van der Waals surface area contributed by atoms with E-state index in [9.17, 15) is 22.8 Å². The fourth-order valence-corrected chi connectivity index (χ4v) is 3.89. The maximum absolute atomic E-state index is 13.5. The number of para-hydroxylation sites is 1. The molecule has 1 saturated heterocycles. The first-order chi connectivity index (χ1) is 16.6. The third-order valence-corrected chi connectivity index (χ3v) is 5.85. The number of alkyl halides is 3. The number of nitrogens with one attached hydrogen (secondary N) is 1. The SMILES string of the molecule is Cc1cc(=O)c(C(=O)NCc2ccnc(N3CCN(C)CC3)c2)nn1-c1ccccc1C(F)(F)F. The van der Waals surface area contributed by atoms with E-state index in [0.717, 1.165) is 54.4 Å². The number of pyridine rings is 1. The van der Waals surface area contributed by atoms with Crippen LogP contribution in [0.1, 0.15) is 27.3 Å². The quantitative estimate of drug-likeness (QED) is 0.597. The van der Waals surface area contributed by atoms with Crippen LogP contribution in [0.15, 0.2) is 53.5 Å². The summed E-state index contributed by atoms with van der Waals surface area (Å²) in [6.07, 6.45) is -2.97. The van der Waals surface area contributed by atoms with Crippen LogP contribution in [0, 0.1) is 6.92 Å². The predicted molar refractivity (Wildman–Crippen MR) is 125 cm³/mol. The van der Waals surface area contributed by atoms with Crippen molar-refractivity contribution < 1.29 is 18.0 Å². The Morgan fingerprint density at radius 2 is 1.80 bits per heavy atom. The highest BCUT2D eigenvalue weighted by Gasteiger charge is 2.34. The number of halogens is 3. The monoisotopic (exact) mass is 486 g/mol. The standard InChI is InChI=1S/C24H25F3N6O2/c1-16-13-20(34)22(30-33(16)19-6-4-3-5-18(19)24(25,26)27)23(35)29-15-17-7-8-28-21(14-17)32-11-9-31(2)10-12-32/h3-8,13-14H,9-12,15H2,1-2H3,(H,29,35). The third-order valence-electron chi connectivity index (χ3n) is 5.85. The number of anilines is 1. The van der Waals surface area contributed by atoms with Gasteiger partial charge in [-0.3, -0.25) is 9.59 Å². The van der Waals surface area contributed by atoms with Crippen molar-refractivity contribution in [3.63, 3.8) is 0 Å². The Labute approximate surface area is 200 Å². The molecule has 0 unspecified atom stereocenters. The number of likely N-dealkylation sites (N-methyl/N-ethyl adjacent to an activating group) is 1. The molecule has 0 spiro atoms. The average molecular weight is 486 g/mol. The number of nitrogens with zero attached hydrogens (tertiary/aromatic N) is 5. The number of carbonyl (C=O) groups is 1. The summed E-state index contributed by atoms with van der Waals surface area (Å²) in [5, 5.41) is 6.64. The largest absolute Gasteiger partial charge is 0.418 e. The van der Waals surface area contributed by atoms with E-state index in [-0.39, 0.29) is 17.9 Å². The van der Waals surface area contributed by atoms with Gasteiger partial charge in [0, 0.05) is 50.7 Å². The number of amides is 1. The van der Waals surface area contributed by atoms with Gasteiger partial charge in [-0.1, -0.05) is 12.1 Å². The van der Waals surface area contributed by atoms with Gasteiger partial charge in [-0.05, 0) is 43.8 Å². The first-order valence-corrected chi connectivity index (χ1v) is 11.1. The molecule has 0 radical (unpaired) electrons. The van der Waals surface area contributed by atoms with Gasteiger partial charge in [0.25, 0.3) is 5.91 Å². The molecular formula is C24H25F3N6O2. The number of rotatable bonds is 5. The van der Waals surface area contributed by atoms with Crippen molar-refractivity contribution in [2.75, 3.05) is 38.1 Å². The van der Waals surface area contributed by atoms with Crippen LogP contribution in [0.2, 0.25) is 0 Å². The number of hydrogen-bond donors (Lipinski definition) is 1. The lowest BCUT2D eigenvalue weighted by molar-refractivity contribution is -0.137. The molecule has 0 atom stereocenters. The van der Waals surface area contributed by atoms with Crippen molar-refractivity contribution in [1.82, 2.24) is 25.0 Å². The van der Waals surface area contributed by atoms with E-state index < -0.39 is 28.8 Å². The maximum atomic E-state index is 13.5.